The van der Waals surface area contributed by atoms with E-state index in [2.05, 4.69) is 41.8 Å². The summed E-state index contributed by atoms with van der Waals surface area (Å²) < 4.78 is 58.5. The number of benzene rings is 2. The van der Waals surface area contributed by atoms with E-state index in [-0.39, 0.29) is 17.2 Å². The fraction of sp³-hybridized carbons (Fsp3) is 0.292. The number of aromatic nitrogens is 2. The quantitative estimate of drug-likeness (QED) is 0.184. The molecule has 9 nitrogen and oxygen atoms in total. The van der Waals surface area contributed by atoms with E-state index < -0.39 is 37.3 Å². The number of halogens is 4. The second-order valence-corrected chi connectivity index (χ2v) is 9.57. The predicted octanol–water partition coefficient (Wildman–Crippen LogP) is 6.79. The van der Waals surface area contributed by atoms with E-state index in [0.717, 1.165) is 0 Å². The minimum absolute atomic E-state index is 0.130. The van der Waals surface area contributed by atoms with Crippen LogP contribution in [-0.4, -0.2) is 27.8 Å². The van der Waals surface area contributed by atoms with Crippen molar-refractivity contribution in [2.75, 3.05) is 17.7 Å². The van der Waals surface area contributed by atoms with E-state index in [0.29, 0.717) is 34.8 Å². The predicted molar refractivity (Wildman–Crippen MR) is 141 cm³/mol. The van der Waals surface area contributed by atoms with Crippen LogP contribution in [0.5, 0.6) is 0 Å². The van der Waals surface area contributed by atoms with Crippen LogP contribution in [0.2, 0.25) is 0 Å². The molecule has 0 aliphatic rings. The largest absolute Gasteiger partial charge is 0.695 e. The van der Waals surface area contributed by atoms with E-state index >= 15 is 0 Å². The molecular weight excluding hydrogens is 590 g/mol. The van der Waals surface area contributed by atoms with Gasteiger partial charge in [-0.15, -0.1) is 9.42 Å². The van der Waals surface area contributed by atoms with Gasteiger partial charge in [0.15, 0.2) is 5.60 Å². The first-order valence-corrected chi connectivity index (χ1v) is 13.3. The van der Waals surface area contributed by atoms with Gasteiger partial charge in [-0.05, 0) is 58.6 Å². The van der Waals surface area contributed by atoms with Gasteiger partial charge in [-0.2, -0.15) is 18.2 Å². The summed E-state index contributed by atoms with van der Waals surface area (Å²) in [4.78, 5) is 29.4. The van der Waals surface area contributed by atoms with Crippen LogP contribution in [-0.2, 0) is 20.9 Å². The zero-order chi connectivity index (χ0) is 28.1. The summed E-state index contributed by atoms with van der Waals surface area (Å²) >= 11 is 3.42. The standard InChI is InChI=1S/C24H24BrF3N5O4P/c1-4-23(5-2,37-38(35)36)14-10-11-19(17(25)12-14)32-22-30-13-16(24(26,27)28)20(33-22)31-18-9-7-6-8-15(18)21(34)29-3/h6-13H,4-5H2,1-3H3,(H3-,29,30,31,32,33,34,35,36)/p+1. The van der Waals surface area contributed by atoms with Crippen LogP contribution in [0.25, 0.3) is 0 Å². The van der Waals surface area contributed by atoms with Crippen LogP contribution in [0.3, 0.4) is 0 Å². The Bertz CT molecular complexity index is 1340. The van der Waals surface area contributed by atoms with E-state index in [4.69, 9.17) is 4.52 Å². The minimum Gasteiger partial charge on any atom is -0.355 e. The van der Waals surface area contributed by atoms with Crippen LogP contribution in [0.1, 0.15) is 48.2 Å². The summed E-state index contributed by atoms with van der Waals surface area (Å²) in [6, 6.07) is 11.1. The Balaban J connectivity index is 1.98. The van der Waals surface area contributed by atoms with E-state index in [1.165, 1.54) is 19.2 Å². The molecule has 2 aromatic carbocycles. The maximum absolute atomic E-state index is 13.7. The summed E-state index contributed by atoms with van der Waals surface area (Å²) in [7, 11) is -1.44. The van der Waals surface area contributed by atoms with Crippen molar-refractivity contribution in [3.8, 4) is 0 Å². The summed E-state index contributed by atoms with van der Waals surface area (Å²) in [5.41, 5.74) is -0.778. The molecule has 0 fully saturated rings. The van der Waals surface area contributed by atoms with Crippen LogP contribution >= 0.6 is 24.2 Å². The Morgan fingerprint density at radius 2 is 1.79 bits per heavy atom. The topological polar surface area (TPSA) is 125 Å². The van der Waals surface area contributed by atoms with Gasteiger partial charge in [0, 0.05) is 22.3 Å². The molecule has 0 spiro atoms. The zero-order valence-corrected chi connectivity index (χ0v) is 23.0. The van der Waals surface area contributed by atoms with Crippen LogP contribution in [0.15, 0.2) is 53.1 Å². The van der Waals surface area contributed by atoms with Gasteiger partial charge < -0.3 is 16.0 Å². The third-order valence-corrected chi connectivity index (χ3v) is 7.04. The molecule has 14 heteroatoms. The number of alkyl halides is 3. The van der Waals surface area contributed by atoms with Crippen molar-refractivity contribution in [2.24, 2.45) is 0 Å². The number of anilines is 4. The fourth-order valence-corrected chi connectivity index (χ4v) is 4.95. The normalized spacial score (nSPS) is 12.2. The number of para-hydroxylation sites is 1. The molecular formula is C24H25BrF3N5O4P+. The number of hydrogen-bond acceptors (Lipinski definition) is 7. The smallest absolute Gasteiger partial charge is 0.355 e. The van der Waals surface area contributed by atoms with Crippen molar-refractivity contribution in [1.29, 1.82) is 0 Å². The number of hydrogen-bond donors (Lipinski definition) is 4. The molecule has 0 saturated heterocycles. The molecule has 38 heavy (non-hydrogen) atoms. The maximum Gasteiger partial charge on any atom is 0.695 e. The van der Waals surface area contributed by atoms with Crippen molar-refractivity contribution >= 4 is 53.2 Å². The van der Waals surface area contributed by atoms with Gasteiger partial charge in [0.2, 0.25) is 5.95 Å². The highest BCUT2D eigenvalue weighted by atomic mass is 79.9. The van der Waals surface area contributed by atoms with Crippen molar-refractivity contribution in [3.63, 3.8) is 0 Å². The SMILES string of the molecule is CCC(CC)(O[P+](=O)O)c1ccc(Nc2ncc(C(F)(F)F)c(Nc3ccccc3C(=O)NC)n2)c(Br)c1. The van der Waals surface area contributed by atoms with Crippen molar-refractivity contribution in [3.05, 3.63) is 69.8 Å². The minimum atomic E-state index is -4.76. The molecule has 0 aliphatic heterocycles. The lowest BCUT2D eigenvalue weighted by Crippen LogP contribution is -2.25. The highest BCUT2D eigenvalue weighted by Crippen LogP contribution is 2.42. The molecule has 3 rings (SSSR count). The molecule has 4 N–H and O–H groups in total. The van der Waals surface area contributed by atoms with Gasteiger partial charge in [0.05, 0.1) is 16.9 Å². The number of nitrogens with zero attached hydrogens (tertiary/aromatic N) is 2. The monoisotopic (exact) mass is 614 g/mol. The molecule has 3 aromatic rings. The first-order valence-electron chi connectivity index (χ1n) is 11.4. The average molecular weight is 615 g/mol. The third-order valence-electron chi connectivity index (χ3n) is 5.88. The number of amides is 1. The van der Waals surface area contributed by atoms with Gasteiger partial charge in [-0.1, -0.05) is 32.0 Å². The Hall–Kier alpha value is -3.12. The van der Waals surface area contributed by atoms with Gasteiger partial charge in [-0.25, -0.2) is 4.98 Å². The maximum atomic E-state index is 13.7. The molecule has 1 heterocycles. The zero-order valence-electron chi connectivity index (χ0n) is 20.6. The van der Waals surface area contributed by atoms with Crippen molar-refractivity contribution in [2.45, 2.75) is 38.5 Å². The first kappa shape index (κ1) is 29.4. The molecule has 1 amide bonds. The highest BCUT2D eigenvalue weighted by molar-refractivity contribution is 9.10. The Kier molecular flexibility index (Phi) is 9.42. The molecule has 1 atom stereocenters. The number of carbonyl (C=O) groups excluding carboxylic acids is 1. The number of nitrogens with one attached hydrogen (secondary N) is 3. The summed E-state index contributed by atoms with van der Waals surface area (Å²) in [5.74, 6) is -1.17. The molecule has 0 saturated carbocycles. The lowest BCUT2D eigenvalue weighted by Gasteiger charge is -2.26. The van der Waals surface area contributed by atoms with Gasteiger partial charge >= 0.3 is 14.4 Å². The molecule has 1 unspecified atom stereocenters. The second-order valence-electron chi connectivity index (χ2n) is 8.05. The highest BCUT2D eigenvalue weighted by Gasteiger charge is 2.39. The van der Waals surface area contributed by atoms with Crippen molar-refractivity contribution < 1.29 is 31.9 Å². The lowest BCUT2D eigenvalue weighted by atomic mass is 9.88. The van der Waals surface area contributed by atoms with Crippen LogP contribution in [0, 0.1) is 0 Å². The molecule has 202 valence electrons. The summed E-state index contributed by atoms with van der Waals surface area (Å²) in [5, 5.41) is 7.94. The lowest BCUT2D eigenvalue weighted by molar-refractivity contribution is -0.137. The summed E-state index contributed by atoms with van der Waals surface area (Å²) in [6.45, 7) is 3.66. The molecule has 0 aliphatic carbocycles. The van der Waals surface area contributed by atoms with Crippen molar-refractivity contribution in [1.82, 2.24) is 15.3 Å². The van der Waals surface area contributed by atoms with Gasteiger partial charge in [0.1, 0.15) is 11.4 Å². The number of rotatable bonds is 10. The molecule has 0 radical (unpaired) electrons. The average Bonchev–Trinajstić information content (AvgIpc) is 2.87. The van der Waals surface area contributed by atoms with Gasteiger partial charge in [-0.3, -0.25) is 4.79 Å². The Morgan fingerprint density at radius 3 is 2.37 bits per heavy atom. The summed E-state index contributed by atoms with van der Waals surface area (Å²) in [6.07, 6.45) is -3.26. The van der Waals surface area contributed by atoms with E-state index in [1.54, 1.807) is 30.3 Å². The number of carbonyl (C=O) groups is 1. The fourth-order valence-electron chi connectivity index (χ4n) is 3.81. The van der Waals surface area contributed by atoms with Gasteiger partial charge in [0.25, 0.3) is 5.91 Å². The third kappa shape index (κ3) is 6.65. The van der Waals surface area contributed by atoms with E-state index in [1.807, 2.05) is 13.8 Å². The molecule has 0 bridgehead atoms. The second kappa shape index (κ2) is 12.2. The molecule has 1 aromatic heterocycles. The Morgan fingerprint density at radius 1 is 1.11 bits per heavy atom. The van der Waals surface area contributed by atoms with E-state index in [9.17, 15) is 27.4 Å². The van der Waals surface area contributed by atoms with Crippen LogP contribution < -0.4 is 16.0 Å². The first-order chi connectivity index (χ1) is 17.9. The van der Waals surface area contributed by atoms with Crippen LogP contribution in [0.4, 0.5) is 36.3 Å². The Labute approximate surface area is 226 Å².